The summed E-state index contributed by atoms with van der Waals surface area (Å²) in [5, 5.41) is 1.43. The molecule has 0 spiro atoms. The van der Waals surface area contributed by atoms with Crippen molar-refractivity contribution in [3.05, 3.63) is 41.3 Å². The highest BCUT2D eigenvalue weighted by molar-refractivity contribution is 7.21. The van der Waals surface area contributed by atoms with Gasteiger partial charge in [-0.05, 0) is 37.1 Å². The Labute approximate surface area is 170 Å². The molecule has 5 heteroatoms. The highest BCUT2D eigenvalue weighted by Crippen LogP contribution is 2.32. The quantitative estimate of drug-likeness (QED) is 0.489. The number of rotatable bonds is 2. The van der Waals surface area contributed by atoms with Crippen molar-refractivity contribution in [2.75, 3.05) is 44.3 Å². The molecule has 28 heavy (non-hydrogen) atoms. The van der Waals surface area contributed by atoms with Crippen LogP contribution in [0.2, 0.25) is 0 Å². The molecule has 3 aliphatic heterocycles. The van der Waals surface area contributed by atoms with Gasteiger partial charge in [-0.25, -0.2) is 9.56 Å². The number of hydrogen-bond donors (Lipinski definition) is 0. The molecular weight excluding hydrogens is 366 g/mol. The van der Waals surface area contributed by atoms with Crippen LogP contribution in [0, 0.1) is 0 Å². The van der Waals surface area contributed by atoms with Gasteiger partial charge < -0.3 is 9.64 Å². The van der Waals surface area contributed by atoms with Crippen LogP contribution in [0.3, 0.4) is 0 Å². The van der Waals surface area contributed by atoms with Gasteiger partial charge in [-0.15, -0.1) is 11.3 Å². The van der Waals surface area contributed by atoms with Crippen LogP contribution in [0.5, 0.6) is 0 Å². The lowest BCUT2D eigenvalue weighted by atomic mass is 10.1. The zero-order valence-corrected chi connectivity index (χ0v) is 17.4. The molecule has 4 nitrogen and oxygen atoms in total. The Morgan fingerprint density at radius 1 is 1.07 bits per heavy atom. The lowest BCUT2D eigenvalue weighted by Gasteiger charge is -2.29. The van der Waals surface area contributed by atoms with E-state index in [-0.39, 0.29) is 0 Å². The summed E-state index contributed by atoms with van der Waals surface area (Å²) in [5.74, 6) is 0. The number of ether oxygens (including phenoxy) is 1. The summed E-state index contributed by atoms with van der Waals surface area (Å²) in [5.41, 5.74) is 4.95. The van der Waals surface area contributed by atoms with Crippen LogP contribution < -0.4 is 14.8 Å². The monoisotopic (exact) mass is 394 g/mol. The normalized spacial score (nSPS) is 18.2. The van der Waals surface area contributed by atoms with Gasteiger partial charge in [0.05, 0.1) is 34.0 Å². The van der Waals surface area contributed by atoms with Crippen LogP contribution in [0.4, 0.5) is 5.69 Å². The van der Waals surface area contributed by atoms with Crippen molar-refractivity contribution in [3.63, 3.8) is 0 Å². The van der Waals surface area contributed by atoms with Crippen molar-refractivity contribution < 1.29 is 4.74 Å². The van der Waals surface area contributed by atoms with Crippen LogP contribution in [0.1, 0.15) is 31.7 Å². The molecule has 2 fully saturated rings. The topological polar surface area (TPSA) is 28.4 Å². The lowest BCUT2D eigenvalue weighted by Crippen LogP contribution is -2.36. The van der Waals surface area contributed by atoms with E-state index in [2.05, 4.69) is 46.7 Å². The third kappa shape index (κ3) is 3.42. The van der Waals surface area contributed by atoms with Gasteiger partial charge >= 0.3 is 0 Å². The molecule has 4 aliphatic rings. The predicted molar refractivity (Wildman–Crippen MR) is 118 cm³/mol. The van der Waals surface area contributed by atoms with Gasteiger partial charge in [0.1, 0.15) is 13.1 Å². The smallest absolute Gasteiger partial charge is 0.204 e. The van der Waals surface area contributed by atoms with Crippen molar-refractivity contribution in [2.24, 2.45) is 0 Å². The van der Waals surface area contributed by atoms with Crippen molar-refractivity contribution in [2.45, 2.75) is 32.6 Å². The fourth-order valence-corrected chi connectivity index (χ4v) is 5.44. The molecular formula is C23H28N3OS+. The summed E-state index contributed by atoms with van der Waals surface area (Å²) >= 11 is 1.88. The summed E-state index contributed by atoms with van der Waals surface area (Å²) < 4.78 is 9.36. The number of morpholine rings is 1. The zero-order chi connectivity index (χ0) is 18.9. The maximum atomic E-state index is 5.50. The minimum atomic E-state index is 0.816. The standard InChI is InChI=1S/C23H28N3OS/c1-2-17-14-20-23(16-21(17)26-8-4-3-5-9-26)28-22-15-18(6-7-19(22)24-20)25-10-12-27-13-11-25/h6-7,14-16H,2-5,8-13H2,1H3/q+1. The van der Waals surface area contributed by atoms with Crippen molar-refractivity contribution in [3.8, 4) is 10.6 Å². The van der Waals surface area contributed by atoms with E-state index in [4.69, 9.17) is 9.72 Å². The van der Waals surface area contributed by atoms with E-state index >= 15 is 0 Å². The second-order valence-corrected chi connectivity index (χ2v) is 8.90. The Morgan fingerprint density at radius 2 is 1.89 bits per heavy atom. The number of aryl methyl sites for hydroxylation is 1. The molecule has 0 unspecified atom stereocenters. The fourth-order valence-electron chi connectivity index (χ4n) is 4.43. The highest BCUT2D eigenvalue weighted by Gasteiger charge is 2.18. The van der Waals surface area contributed by atoms with Crippen LogP contribution in [0.25, 0.3) is 20.8 Å². The Kier molecular flexibility index (Phi) is 5.03. The second kappa shape index (κ2) is 7.80. The van der Waals surface area contributed by atoms with Crippen LogP contribution >= 0.6 is 11.3 Å². The summed E-state index contributed by atoms with van der Waals surface area (Å²) in [6.45, 7) is 8.20. The zero-order valence-electron chi connectivity index (χ0n) is 16.6. The Balaban J connectivity index is 1.64. The molecule has 0 atom stereocenters. The molecule has 3 heterocycles. The van der Waals surface area contributed by atoms with Crippen LogP contribution in [0.15, 0.2) is 30.3 Å². The molecule has 0 aromatic heterocycles. The average molecular weight is 395 g/mol. The minimum absolute atomic E-state index is 0.816. The molecule has 1 aliphatic carbocycles. The Bertz CT molecular complexity index is 1030. The van der Waals surface area contributed by atoms with Gasteiger partial charge in [0.15, 0.2) is 0 Å². The Morgan fingerprint density at radius 3 is 2.68 bits per heavy atom. The molecule has 1 aromatic carbocycles. The van der Waals surface area contributed by atoms with Gasteiger partial charge in [-0.2, -0.15) is 0 Å². The number of anilines is 1. The molecule has 2 saturated heterocycles. The first-order valence-corrected chi connectivity index (χ1v) is 11.4. The van der Waals surface area contributed by atoms with Gasteiger partial charge in [0.2, 0.25) is 5.36 Å². The van der Waals surface area contributed by atoms with E-state index in [0.29, 0.717) is 0 Å². The summed E-state index contributed by atoms with van der Waals surface area (Å²) in [7, 11) is 0. The summed E-state index contributed by atoms with van der Waals surface area (Å²) in [6.07, 6.45) is 5.04. The SMILES string of the molecule is CCc1cc2nc3ccc(N4CCOCC4)cc3sc-2cc1=[N+]1CCCCC1. The highest BCUT2D eigenvalue weighted by atomic mass is 32.1. The van der Waals surface area contributed by atoms with E-state index < -0.39 is 0 Å². The van der Waals surface area contributed by atoms with Gasteiger partial charge in [-0.1, -0.05) is 6.92 Å². The predicted octanol–water partition coefficient (Wildman–Crippen LogP) is 3.76. The molecule has 0 bridgehead atoms. The van der Waals surface area contributed by atoms with Crippen molar-refractivity contribution >= 4 is 27.2 Å². The number of piperidine rings is 1. The molecule has 0 amide bonds. The van der Waals surface area contributed by atoms with Crippen LogP contribution in [-0.2, 0) is 11.2 Å². The molecule has 146 valence electrons. The number of aromatic nitrogens is 1. The third-order valence-corrected chi connectivity index (χ3v) is 7.11. The van der Waals surface area contributed by atoms with Gasteiger partial charge in [-0.3, -0.25) is 0 Å². The average Bonchev–Trinajstić information content (AvgIpc) is 2.77. The summed E-state index contributed by atoms with van der Waals surface area (Å²) in [6, 6.07) is 11.4. The summed E-state index contributed by atoms with van der Waals surface area (Å²) in [4.78, 5) is 8.72. The van der Waals surface area contributed by atoms with E-state index in [0.717, 1.165) is 43.9 Å². The molecule has 0 saturated carbocycles. The number of benzene rings is 2. The number of nitrogens with zero attached hydrogens (tertiary/aromatic N) is 3. The van der Waals surface area contributed by atoms with E-state index in [1.165, 1.54) is 58.5 Å². The lowest BCUT2D eigenvalue weighted by molar-refractivity contribution is 0.122. The maximum absolute atomic E-state index is 5.50. The van der Waals surface area contributed by atoms with E-state index in [1.807, 2.05) is 11.3 Å². The fraction of sp³-hybridized carbons (Fsp3) is 0.478. The molecule has 1 aromatic rings. The first-order chi connectivity index (χ1) is 13.8. The third-order valence-electron chi connectivity index (χ3n) is 6.02. The first kappa shape index (κ1) is 18.1. The maximum Gasteiger partial charge on any atom is 0.204 e. The Hall–Kier alpha value is -1.98. The minimum Gasteiger partial charge on any atom is -0.378 e. The van der Waals surface area contributed by atoms with Gasteiger partial charge in [0, 0.05) is 43.2 Å². The first-order valence-electron chi connectivity index (χ1n) is 10.6. The second-order valence-electron chi connectivity index (χ2n) is 7.82. The number of fused-ring (bicyclic) bond motifs is 2. The molecule has 5 rings (SSSR count). The largest absolute Gasteiger partial charge is 0.378 e. The van der Waals surface area contributed by atoms with E-state index in [1.54, 1.807) is 0 Å². The molecule has 0 N–H and O–H groups in total. The van der Waals surface area contributed by atoms with Crippen molar-refractivity contribution in [1.82, 2.24) is 9.56 Å². The van der Waals surface area contributed by atoms with Gasteiger partial charge in [0.25, 0.3) is 0 Å². The molecule has 0 radical (unpaired) electrons. The van der Waals surface area contributed by atoms with E-state index in [9.17, 15) is 0 Å². The van der Waals surface area contributed by atoms with Crippen LogP contribution in [-0.4, -0.2) is 44.4 Å². The van der Waals surface area contributed by atoms with Crippen molar-refractivity contribution in [1.29, 1.82) is 0 Å². The number of hydrogen-bond acceptors (Lipinski definition) is 4.